The third kappa shape index (κ3) is 6.31. The Morgan fingerprint density at radius 3 is 2.57 bits per heavy atom. The van der Waals surface area contributed by atoms with E-state index in [1.165, 1.54) is 12.1 Å². The molecule has 0 saturated carbocycles. The lowest BCUT2D eigenvalue weighted by atomic mass is 10.0. The number of phenolic OH excluding ortho intramolecular Hbond substituents is 1. The van der Waals surface area contributed by atoms with Gasteiger partial charge in [0.15, 0.2) is 0 Å². The van der Waals surface area contributed by atoms with Crippen LogP contribution in [0.1, 0.15) is 35.9 Å². The van der Waals surface area contributed by atoms with E-state index in [4.69, 9.17) is 5.11 Å². The van der Waals surface area contributed by atoms with Crippen molar-refractivity contribution in [1.82, 2.24) is 10.6 Å². The van der Waals surface area contributed by atoms with E-state index in [-0.39, 0.29) is 42.9 Å². The van der Waals surface area contributed by atoms with Crippen LogP contribution >= 0.6 is 12.4 Å². The van der Waals surface area contributed by atoms with Crippen LogP contribution in [-0.2, 0) is 0 Å². The van der Waals surface area contributed by atoms with Gasteiger partial charge in [0.25, 0.3) is 5.91 Å². The van der Waals surface area contributed by atoms with Crippen LogP contribution in [0, 0.1) is 0 Å². The normalized spacial score (nSPS) is 11.9. The number of rotatable bonds is 7. The summed E-state index contributed by atoms with van der Waals surface area (Å²) >= 11 is 0. The first kappa shape index (κ1) is 19.7. The summed E-state index contributed by atoms with van der Waals surface area (Å²) in [6.45, 7) is 4.24. The zero-order valence-corrected chi connectivity index (χ0v) is 13.0. The lowest BCUT2D eigenvalue weighted by Gasteiger charge is -2.15. The highest BCUT2D eigenvalue weighted by molar-refractivity contribution is 5.97. The Labute approximate surface area is 130 Å². The topological polar surface area (TPSA) is 102 Å². The Kier molecular flexibility index (Phi) is 8.96. The maximum Gasteiger partial charge on any atom is 0.255 e. The molecule has 0 heterocycles. The first-order valence-corrected chi connectivity index (χ1v) is 6.59. The van der Waals surface area contributed by atoms with Crippen molar-refractivity contribution in [3.8, 4) is 5.75 Å². The number of hydrogen-bond donors (Lipinski definition) is 5. The van der Waals surface area contributed by atoms with Gasteiger partial charge in [-0.05, 0) is 17.7 Å². The van der Waals surface area contributed by atoms with Crippen molar-refractivity contribution in [2.75, 3.05) is 19.7 Å². The van der Waals surface area contributed by atoms with Gasteiger partial charge in [0.1, 0.15) is 5.75 Å². The predicted molar refractivity (Wildman–Crippen MR) is 82.9 cm³/mol. The van der Waals surface area contributed by atoms with E-state index in [1.54, 1.807) is 6.07 Å². The highest BCUT2D eigenvalue weighted by Crippen LogP contribution is 2.22. The molecule has 0 aliphatic carbocycles. The summed E-state index contributed by atoms with van der Waals surface area (Å²) < 4.78 is 0. The summed E-state index contributed by atoms with van der Waals surface area (Å²) in [6, 6.07) is 4.65. The Balaban J connectivity index is 0.00000400. The van der Waals surface area contributed by atoms with Gasteiger partial charge in [0.05, 0.1) is 18.3 Å². The number of aliphatic hydroxyl groups excluding tert-OH is 2. The van der Waals surface area contributed by atoms with Crippen LogP contribution in [0.2, 0.25) is 0 Å². The van der Waals surface area contributed by atoms with E-state index < -0.39 is 12.0 Å². The molecule has 1 atom stereocenters. The Morgan fingerprint density at radius 1 is 1.33 bits per heavy atom. The molecule has 1 unspecified atom stereocenters. The summed E-state index contributed by atoms with van der Waals surface area (Å²) in [5.74, 6) is -0.643. The molecule has 0 fully saturated rings. The first-order chi connectivity index (χ1) is 9.45. The zero-order valence-electron chi connectivity index (χ0n) is 12.2. The predicted octanol–water partition coefficient (Wildman–Crippen LogP) is 0.567. The summed E-state index contributed by atoms with van der Waals surface area (Å²) in [6.07, 6.45) is -0.762. The molecule has 5 N–H and O–H groups in total. The van der Waals surface area contributed by atoms with Crippen molar-refractivity contribution in [3.05, 3.63) is 29.3 Å². The molecule has 0 spiro atoms. The molecule has 0 aromatic heterocycles. The molecular weight excluding hydrogens is 296 g/mol. The smallest absolute Gasteiger partial charge is 0.255 e. The number of aromatic hydroxyl groups is 1. The molecule has 6 nitrogen and oxygen atoms in total. The molecule has 1 rings (SSSR count). The van der Waals surface area contributed by atoms with Crippen molar-refractivity contribution < 1.29 is 20.1 Å². The SMILES string of the molecule is CC(C)NCC(O)c1ccc(O)c(C(=O)NCCO)c1.Cl. The Bertz CT molecular complexity index is 455. The highest BCUT2D eigenvalue weighted by Gasteiger charge is 2.15. The summed E-state index contributed by atoms with van der Waals surface area (Å²) in [4.78, 5) is 11.8. The molecular formula is C14H23ClN2O4. The van der Waals surface area contributed by atoms with E-state index in [9.17, 15) is 15.0 Å². The number of halogens is 1. The minimum Gasteiger partial charge on any atom is -0.507 e. The van der Waals surface area contributed by atoms with Gasteiger partial charge in [-0.1, -0.05) is 19.9 Å². The maximum absolute atomic E-state index is 11.8. The van der Waals surface area contributed by atoms with Crippen LogP contribution in [0.3, 0.4) is 0 Å². The van der Waals surface area contributed by atoms with Crippen molar-refractivity contribution in [1.29, 1.82) is 0 Å². The number of carbonyl (C=O) groups is 1. The van der Waals surface area contributed by atoms with Crippen molar-refractivity contribution in [3.63, 3.8) is 0 Å². The lowest BCUT2D eigenvalue weighted by Crippen LogP contribution is -2.28. The number of nitrogens with one attached hydrogen (secondary N) is 2. The number of hydrogen-bond acceptors (Lipinski definition) is 5. The fourth-order valence-corrected chi connectivity index (χ4v) is 1.67. The van der Waals surface area contributed by atoms with Crippen LogP contribution < -0.4 is 10.6 Å². The monoisotopic (exact) mass is 318 g/mol. The van der Waals surface area contributed by atoms with E-state index >= 15 is 0 Å². The fourth-order valence-electron chi connectivity index (χ4n) is 1.67. The van der Waals surface area contributed by atoms with E-state index in [0.29, 0.717) is 12.1 Å². The lowest BCUT2D eigenvalue weighted by molar-refractivity contribution is 0.0941. The van der Waals surface area contributed by atoms with Crippen LogP contribution in [-0.4, -0.2) is 47.0 Å². The zero-order chi connectivity index (χ0) is 15.1. The quantitative estimate of drug-likeness (QED) is 0.506. The molecule has 1 aromatic carbocycles. The molecule has 0 aliphatic heterocycles. The highest BCUT2D eigenvalue weighted by atomic mass is 35.5. The number of aliphatic hydroxyl groups is 2. The molecule has 0 bridgehead atoms. The van der Waals surface area contributed by atoms with Gasteiger partial charge < -0.3 is 26.0 Å². The second-order valence-electron chi connectivity index (χ2n) is 4.83. The first-order valence-electron chi connectivity index (χ1n) is 6.59. The number of amides is 1. The molecule has 21 heavy (non-hydrogen) atoms. The average Bonchev–Trinajstić information content (AvgIpc) is 2.42. The van der Waals surface area contributed by atoms with E-state index in [0.717, 1.165) is 0 Å². The Hall–Kier alpha value is -1.34. The maximum atomic E-state index is 11.8. The van der Waals surface area contributed by atoms with Crippen LogP contribution in [0.25, 0.3) is 0 Å². The largest absolute Gasteiger partial charge is 0.507 e. The van der Waals surface area contributed by atoms with Crippen LogP contribution in [0.15, 0.2) is 18.2 Å². The average molecular weight is 319 g/mol. The second-order valence-corrected chi connectivity index (χ2v) is 4.83. The Morgan fingerprint density at radius 2 is 2.00 bits per heavy atom. The van der Waals surface area contributed by atoms with Crippen LogP contribution in [0.4, 0.5) is 0 Å². The molecule has 1 amide bonds. The van der Waals surface area contributed by atoms with Gasteiger partial charge in [0, 0.05) is 19.1 Å². The van der Waals surface area contributed by atoms with Gasteiger partial charge in [0.2, 0.25) is 0 Å². The van der Waals surface area contributed by atoms with E-state index in [1.807, 2.05) is 13.8 Å². The summed E-state index contributed by atoms with van der Waals surface area (Å²) in [5, 5.41) is 33.9. The second kappa shape index (κ2) is 9.57. The molecule has 0 saturated heterocycles. The van der Waals surface area contributed by atoms with Gasteiger partial charge in [-0.25, -0.2) is 0 Å². The minimum atomic E-state index is -0.762. The van der Waals surface area contributed by atoms with Crippen molar-refractivity contribution in [2.24, 2.45) is 0 Å². The molecule has 7 heteroatoms. The standard InChI is InChI=1S/C14H22N2O4.ClH/c1-9(2)16-8-13(19)10-3-4-12(18)11(7-10)14(20)15-5-6-17;/h3-4,7,9,13,16-19H,5-6,8H2,1-2H3,(H,15,20);1H. The van der Waals surface area contributed by atoms with Crippen LogP contribution in [0.5, 0.6) is 5.75 Å². The molecule has 120 valence electrons. The van der Waals surface area contributed by atoms with Gasteiger partial charge in [-0.3, -0.25) is 4.79 Å². The summed E-state index contributed by atoms with van der Waals surface area (Å²) in [5.41, 5.74) is 0.629. The number of carbonyl (C=O) groups excluding carboxylic acids is 1. The molecule has 1 aromatic rings. The third-order valence-electron chi connectivity index (χ3n) is 2.77. The van der Waals surface area contributed by atoms with Gasteiger partial charge >= 0.3 is 0 Å². The van der Waals surface area contributed by atoms with Gasteiger partial charge in [-0.2, -0.15) is 0 Å². The number of phenols is 1. The fraction of sp³-hybridized carbons (Fsp3) is 0.500. The molecule has 0 radical (unpaired) electrons. The molecule has 0 aliphatic rings. The number of benzene rings is 1. The van der Waals surface area contributed by atoms with E-state index in [2.05, 4.69) is 10.6 Å². The summed E-state index contributed by atoms with van der Waals surface area (Å²) in [7, 11) is 0. The van der Waals surface area contributed by atoms with Crippen molar-refractivity contribution >= 4 is 18.3 Å². The van der Waals surface area contributed by atoms with Crippen molar-refractivity contribution in [2.45, 2.75) is 26.0 Å². The third-order valence-corrected chi connectivity index (χ3v) is 2.77. The minimum absolute atomic E-state index is 0. The van der Waals surface area contributed by atoms with Gasteiger partial charge in [-0.15, -0.1) is 12.4 Å².